The van der Waals surface area contributed by atoms with Crippen LogP contribution < -0.4 is 0 Å². The van der Waals surface area contributed by atoms with Crippen molar-refractivity contribution in [3.63, 3.8) is 0 Å². The van der Waals surface area contributed by atoms with Gasteiger partial charge in [0, 0.05) is 13.1 Å². The lowest BCUT2D eigenvalue weighted by atomic mass is 9.80. The molecule has 2 N–H and O–H groups in total. The van der Waals surface area contributed by atoms with Crippen LogP contribution in [0, 0.1) is 0 Å². The molecular formula is C6H9BFNO2. The highest BCUT2D eigenvalue weighted by Gasteiger charge is 2.09. The van der Waals surface area contributed by atoms with Crippen LogP contribution in [-0.2, 0) is 0 Å². The molecule has 0 bridgehead atoms. The van der Waals surface area contributed by atoms with Crippen molar-refractivity contribution in [2.45, 2.75) is 6.92 Å². The predicted octanol–water partition coefficient (Wildman–Crippen LogP) is 0.456. The van der Waals surface area contributed by atoms with Gasteiger partial charge in [0.05, 0.1) is 0 Å². The Morgan fingerprint density at radius 2 is 2.18 bits per heavy atom. The van der Waals surface area contributed by atoms with Gasteiger partial charge in [0.25, 0.3) is 0 Å². The summed E-state index contributed by atoms with van der Waals surface area (Å²) in [6.45, 7) is 4.43. The number of aliphatic imine (C=N–C) groups is 1. The summed E-state index contributed by atoms with van der Waals surface area (Å²) in [6.07, 6.45) is 2.20. The Balaban J connectivity index is 4.36. The van der Waals surface area contributed by atoms with Crippen LogP contribution in [0.5, 0.6) is 0 Å². The van der Waals surface area contributed by atoms with Crippen molar-refractivity contribution < 1.29 is 14.4 Å². The van der Waals surface area contributed by atoms with Crippen LogP contribution in [0.25, 0.3) is 0 Å². The van der Waals surface area contributed by atoms with Crippen LogP contribution in [0.3, 0.4) is 0 Å². The molecule has 0 fully saturated rings. The molecule has 0 heterocycles. The van der Waals surface area contributed by atoms with Crippen LogP contribution in [0.4, 0.5) is 4.39 Å². The van der Waals surface area contributed by atoms with Gasteiger partial charge >= 0.3 is 7.12 Å². The summed E-state index contributed by atoms with van der Waals surface area (Å²) in [4.78, 5) is 3.21. The Morgan fingerprint density at radius 3 is 2.45 bits per heavy atom. The Hall–Kier alpha value is -0.935. The van der Waals surface area contributed by atoms with Gasteiger partial charge in [0.1, 0.15) is 0 Å². The van der Waals surface area contributed by atoms with Gasteiger partial charge in [0.15, 0.2) is 5.97 Å². The second-order valence-corrected chi connectivity index (χ2v) is 1.83. The van der Waals surface area contributed by atoms with Gasteiger partial charge in [-0.2, -0.15) is 4.39 Å². The fraction of sp³-hybridized carbons (Fsp3) is 0.167. The van der Waals surface area contributed by atoms with Crippen LogP contribution in [0.1, 0.15) is 6.92 Å². The Morgan fingerprint density at radius 1 is 1.64 bits per heavy atom. The first-order valence-corrected chi connectivity index (χ1v) is 2.96. The average Bonchev–Trinajstić information content (AvgIpc) is 1.87. The van der Waals surface area contributed by atoms with Crippen molar-refractivity contribution in [2.24, 2.45) is 4.99 Å². The zero-order chi connectivity index (χ0) is 8.85. The number of nitrogens with zero attached hydrogens (tertiary/aromatic N) is 1. The monoisotopic (exact) mass is 157 g/mol. The van der Waals surface area contributed by atoms with Crippen LogP contribution >= 0.6 is 0 Å². The smallest absolute Gasteiger partial charge is 0.423 e. The maximum absolute atomic E-state index is 12.0. The van der Waals surface area contributed by atoms with Crippen molar-refractivity contribution in [1.29, 1.82) is 0 Å². The van der Waals surface area contributed by atoms with Crippen molar-refractivity contribution in [1.82, 2.24) is 0 Å². The van der Waals surface area contributed by atoms with E-state index in [1.54, 1.807) is 0 Å². The van der Waals surface area contributed by atoms with Gasteiger partial charge in [0.2, 0.25) is 0 Å². The number of hydrogen-bond acceptors (Lipinski definition) is 3. The maximum Gasteiger partial charge on any atom is 0.489 e. The summed E-state index contributed by atoms with van der Waals surface area (Å²) in [6, 6.07) is 0. The third-order valence-electron chi connectivity index (χ3n) is 0.925. The first-order valence-electron chi connectivity index (χ1n) is 2.96. The minimum absolute atomic E-state index is 0.0574. The van der Waals surface area contributed by atoms with Gasteiger partial charge in [-0.25, -0.2) is 4.99 Å². The molecule has 0 aliphatic carbocycles. The molecule has 60 valence electrons. The molecule has 0 rings (SSSR count). The van der Waals surface area contributed by atoms with Crippen molar-refractivity contribution in [2.75, 3.05) is 0 Å². The SMILES string of the molecule is C=C/C(=C\N=C(C)F)B(O)O. The molecule has 0 spiro atoms. The quantitative estimate of drug-likeness (QED) is 0.355. The Labute approximate surface area is 64.7 Å². The fourth-order valence-electron chi connectivity index (χ4n) is 0.388. The van der Waals surface area contributed by atoms with Gasteiger partial charge in [-0.05, 0) is 5.47 Å². The van der Waals surface area contributed by atoms with Gasteiger partial charge in [-0.3, -0.25) is 0 Å². The molecule has 5 heteroatoms. The lowest BCUT2D eigenvalue weighted by Gasteiger charge is -1.94. The highest BCUT2D eigenvalue weighted by molar-refractivity contribution is 6.51. The molecule has 0 aliphatic rings. The molecular weight excluding hydrogens is 148 g/mol. The van der Waals surface area contributed by atoms with E-state index in [4.69, 9.17) is 10.0 Å². The van der Waals surface area contributed by atoms with E-state index in [0.717, 1.165) is 13.1 Å². The molecule has 0 saturated heterocycles. The summed E-state index contributed by atoms with van der Waals surface area (Å²) in [5, 5.41) is 17.1. The number of rotatable bonds is 3. The summed E-state index contributed by atoms with van der Waals surface area (Å²) in [5.74, 6) is -0.648. The maximum atomic E-state index is 12.0. The topological polar surface area (TPSA) is 52.8 Å². The number of halogens is 1. The Kier molecular flexibility index (Phi) is 4.41. The summed E-state index contributed by atoms with van der Waals surface area (Å²) in [7, 11) is -1.66. The van der Waals surface area contributed by atoms with E-state index >= 15 is 0 Å². The van der Waals surface area contributed by atoms with Gasteiger partial charge in [-0.1, -0.05) is 12.7 Å². The normalized spacial score (nSPS) is 13.1. The molecule has 0 aromatic rings. The Bertz CT molecular complexity index is 197. The molecule has 0 unspecified atom stereocenters. The van der Waals surface area contributed by atoms with E-state index in [9.17, 15) is 4.39 Å². The van der Waals surface area contributed by atoms with E-state index in [-0.39, 0.29) is 5.47 Å². The van der Waals surface area contributed by atoms with E-state index in [1.165, 1.54) is 6.08 Å². The molecule has 3 nitrogen and oxygen atoms in total. The zero-order valence-corrected chi connectivity index (χ0v) is 6.16. The molecule has 0 atom stereocenters. The fourth-order valence-corrected chi connectivity index (χ4v) is 0.388. The second kappa shape index (κ2) is 4.82. The van der Waals surface area contributed by atoms with Crippen molar-refractivity contribution in [3.8, 4) is 0 Å². The third-order valence-corrected chi connectivity index (χ3v) is 0.925. The first-order chi connectivity index (χ1) is 5.07. The predicted molar refractivity (Wildman–Crippen MR) is 42.7 cm³/mol. The number of allylic oxidation sites excluding steroid dienone is 2. The van der Waals surface area contributed by atoms with Crippen LogP contribution in [0.15, 0.2) is 29.3 Å². The second-order valence-electron chi connectivity index (χ2n) is 1.83. The van der Waals surface area contributed by atoms with E-state index in [0.29, 0.717) is 0 Å². The number of hydrogen-bond donors (Lipinski definition) is 2. The molecule has 0 aromatic heterocycles. The lowest BCUT2D eigenvalue weighted by Crippen LogP contribution is -2.13. The largest absolute Gasteiger partial charge is 0.489 e. The van der Waals surface area contributed by atoms with Gasteiger partial charge in [-0.15, -0.1) is 0 Å². The highest BCUT2D eigenvalue weighted by atomic mass is 19.1. The highest BCUT2D eigenvalue weighted by Crippen LogP contribution is 1.97. The van der Waals surface area contributed by atoms with Crippen LogP contribution in [-0.4, -0.2) is 23.1 Å². The molecule has 0 amide bonds. The lowest BCUT2D eigenvalue weighted by molar-refractivity contribution is 0.420. The summed E-state index contributed by atoms with van der Waals surface area (Å²) in [5.41, 5.74) is 0.0574. The van der Waals surface area contributed by atoms with E-state index in [2.05, 4.69) is 11.6 Å². The van der Waals surface area contributed by atoms with Crippen molar-refractivity contribution >= 4 is 13.1 Å². The standard InChI is InChI=1S/C6H9BFNO2/c1-3-6(7(10)11)4-9-5(2)8/h3-4,10-11H,1H2,2H3/b6-4+,9-5?. The van der Waals surface area contributed by atoms with E-state index in [1.807, 2.05) is 0 Å². The van der Waals surface area contributed by atoms with Crippen molar-refractivity contribution in [3.05, 3.63) is 24.3 Å². The average molecular weight is 157 g/mol. The molecule has 0 saturated carbocycles. The molecule has 0 aliphatic heterocycles. The molecule has 0 aromatic carbocycles. The first kappa shape index (κ1) is 10.1. The van der Waals surface area contributed by atoms with Gasteiger partial charge < -0.3 is 10.0 Å². The van der Waals surface area contributed by atoms with Crippen LogP contribution in [0.2, 0.25) is 0 Å². The summed E-state index contributed by atoms with van der Waals surface area (Å²) < 4.78 is 12.0. The molecule has 0 radical (unpaired) electrons. The molecule has 11 heavy (non-hydrogen) atoms. The third kappa shape index (κ3) is 4.47. The minimum atomic E-state index is -1.66. The van der Waals surface area contributed by atoms with E-state index < -0.39 is 13.1 Å². The minimum Gasteiger partial charge on any atom is -0.423 e. The zero-order valence-electron chi connectivity index (χ0n) is 6.16. The summed E-state index contributed by atoms with van der Waals surface area (Å²) >= 11 is 0.